The van der Waals surface area contributed by atoms with Gasteiger partial charge in [-0.2, -0.15) is 0 Å². The van der Waals surface area contributed by atoms with Crippen molar-refractivity contribution in [1.82, 2.24) is 0 Å². The number of unbranched alkanes of at least 4 members (excludes halogenated alkanes) is 11. The maximum atomic E-state index is 12.0. The molecule has 0 saturated heterocycles. The van der Waals surface area contributed by atoms with Crippen molar-refractivity contribution in [3.05, 3.63) is 48.6 Å². The van der Waals surface area contributed by atoms with Gasteiger partial charge in [-0.15, -0.1) is 0 Å². The highest BCUT2D eigenvalue weighted by Crippen LogP contribution is 2.10. The Morgan fingerprint density at radius 3 is 1.74 bits per heavy atom. The van der Waals surface area contributed by atoms with Crippen molar-refractivity contribution < 1.29 is 24.2 Å². The van der Waals surface area contributed by atoms with Crippen molar-refractivity contribution in [3.63, 3.8) is 0 Å². The summed E-state index contributed by atoms with van der Waals surface area (Å²) in [5.74, 6) is -0.694. The predicted molar refractivity (Wildman–Crippen MR) is 164 cm³/mol. The summed E-state index contributed by atoms with van der Waals surface area (Å²) in [4.78, 5) is 24.0. The van der Waals surface area contributed by atoms with E-state index in [1.807, 2.05) is 6.08 Å². The molecule has 39 heavy (non-hydrogen) atoms. The quantitative estimate of drug-likeness (QED) is 0.0632. The number of allylic oxidation sites excluding steroid dienone is 8. The minimum absolute atomic E-state index is 0.103. The summed E-state index contributed by atoms with van der Waals surface area (Å²) in [7, 11) is 0. The lowest BCUT2D eigenvalue weighted by Crippen LogP contribution is -2.28. The Morgan fingerprint density at radius 2 is 1.15 bits per heavy atom. The zero-order valence-corrected chi connectivity index (χ0v) is 25.1. The standard InChI is InChI=1S/C34H58O5/c1-3-5-7-9-11-13-15-17-19-20-22-24-26-28-33(36)38-31-32(30-35)39-34(37)29-27-25-23-21-18-16-14-12-10-8-6-4-2/h6,8,12,14,17,19,22,24,32,35H,3-5,7,9-11,13,15-16,18,20-21,23,25-31H2,1-2H3/b8-6+,14-12+,19-17+,24-22+. The summed E-state index contributed by atoms with van der Waals surface area (Å²) >= 11 is 0. The Labute approximate surface area is 239 Å². The van der Waals surface area contributed by atoms with Crippen LogP contribution in [0.3, 0.4) is 0 Å². The molecule has 1 atom stereocenters. The normalized spacial score (nSPS) is 12.8. The zero-order chi connectivity index (χ0) is 28.7. The third-order valence-corrected chi connectivity index (χ3v) is 6.37. The number of aliphatic hydroxyl groups excluding tert-OH is 1. The average molecular weight is 547 g/mol. The first kappa shape index (κ1) is 36.9. The first-order valence-electron chi connectivity index (χ1n) is 15.7. The molecule has 0 amide bonds. The lowest BCUT2D eigenvalue weighted by molar-refractivity contribution is -0.161. The van der Waals surface area contributed by atoms with E-state index in [1.165, 1.54) is 44.9 Å². The predicted octanol–water partition coefficient (Wildman–Crippen LogP) is 9.11. The summed E-state index contributed by atoms with van der Waals surface area (Å²) in [5, 5.41) is 9.46. The molecule has 0 aromatic carbocycles. The number of aliphatic hydroxyl groups is 1. The van der Waals surface area contributed by atoms with Crippen LogP contribution in [0.5, 0.6) is 0 Å². The minimum atomic E-state index is -0.798. The first-order chi connectivity index (χ1) is 19.1. The summed E-state index contributed by atoms with van der Waals surface area (Å²) < 4.78 is 10.5. The highest BCUT2D eigenvalue weighted by atomic mass is 16.6. The Morgan fingerprint density at radius 1 is 0.615 bits per heavy atom. The molecule has 0 aromatic rings. The molecule has 1 unspecified atom stereocenters. The van der Waals surface area contributed by atoms with Crippen molar-refractivity contribution in [3.8, 4) is 0 Å². The first-order valence-corrected chi connectivity index (χ1v) is 15.7. The maximum Gasteiger partial charge on any atom is 0.306 e. The summed E-state index contributed by atoms with van der Waals surface area (Å²) in [6, 6.07) is 0. The Bertz CT molecular complexity index is 677. The van der Waals surface area contributed by atoms with E-state index in [1.54, 1.807) is 0 Å². The topological polar surface area (TPSA) is 72.8 Å². The molecule has 0 aliphatic heterocycles. The molecule has 0 aromatic heterocycles. The van der Waals surface area contributed by atoms with Gasteiger partial charge in [-0.25, -0.2) is 0 Å². The second kappa shape index (κ2) is 30.4. The molecule has 0 bridgehead atoms. The number of rotatable bonds is 27. The van der Waals surface area contributed by atoms with E-state index < -0.39 is 6.10 Å². The number of hydrogen-bond acceptors (Lipinski definition) is 5. The van der Waals surface area contributed by atoms with Gasteiger partial charge < -0.3 is 14.6 Å². The molecule has 0 aliphatic carbocycles. The molecule has 0 spiro atoms. The number of hydrogen-bond donors (Lipinski definition) is 1. The molecule has 0 heterocycles. The van der Waals surface area contributed by atoms with Crippen molar-refractivity contribution in [2.24, 2.45) is 0 Å². The lowest BCUT2D eigenvalue weighted by Gasteiger charge is -2.15. The average Bonchev–Trinajstić information content (AvgIpc) is 2.94. The van der Waals surface area contributed by atoms with Crippen LogP contribution >= 0.6 is 0 Å². The van der Waals surface area contributed by atoms with Gasteiger partial charge in [0, 0.05) is 12.8 Å². The van der Waals surface area contributed by atoms with E-state index in [2.05, 4.69) is 56.4 Å². The number of esters is 2. The van der Waals surface area contributed by atoms with Crippen molar-refractivity contribution in [2.75, 3.05) is 13.2 Å². The van der Waals surface area contributed by atoms with E-state index in [0.717, 1.165) is 57.8 Å². The van der Waals surface area contributed by atoms with Crippen molar-refractivity contribution >= 4 is 11.9 Å². The second-order valence-corrected chi connectivity index (χ2v) is 10.1. The number of carbonyl (C=O) groups is 2. The fourth-order valence-corrected chi connectivity index (χ4v) is 3.99. The SMILES string of the molecule is CC/C=C/C/C=C/CCCCCCCC(=O)OC(CO)COC(=O)CC/C=C/C/C=C/CCCCCCCC. The third-order valence-electron chi connectivity index (χ3n) is 6.37. The minimum Gasteiger partial charge on any atom is -0.462 e. The van der Waals surface area contributed by atoms with Crippen LogP contribution in [0.15, 0.2) is 48.6 Å². The van der Waals surface area contributed by atoms with Crippen LogP contribution in [-0.2, 0) is 19.1 Å². The molecule has 1 N–H and O–H groups in total. The largest absolute Gasteiger partial charge is 0.462 e. The van der Waals surface area contributed by atoms with E-state index in [0.29, 0.717) is 12.8 Å². The van der Waals surface area contributed by atoms with E-state index in [-0.39, 0.29) is 31.6 Å². The molecule has 0 fully saturated rings. The van der Waals surface area contributed by atoms with Gasteiger partial charge in [0.05, 0.1) is 6.61 Å². The Balaban J connectivity index is 3.72. The number of ether oxygens (including phenoxy) is 2. The monoisotopic (exact) mass is 546 g/mol. The van der Waals surface area contributed by atoms with E-state index >= 15 is 0 Å². The summed E-state index contributed by atoms with van der Waals surface area (Å²) in [6.07, 6.45) is 36.0. The number of carbonyl (C=O) groups excluding carboxylic acids is 2. The molecule has 5 heteroatoms. The highest BCUT2D eigenvalue weighted by Gasteiger charge is 2.15. The van der Waals surface area contributed by atoms with Crippen LogP contribution in [0.1, 0.15) is 136 Å². The smallest absolute Gasteiger partial charge is 0.306 e. The van der Waals surface area contributed by atoms with Gasteiger partial charge in [-0.1, -0.05) is 114 Å². The van der Waals surface area contributed by atoms with Gasteiger partial charge in [0.25, 0.3) is 0 Å². The van der Waals surface area contributed by atoms with Crippen LogP contribution in [0.25, 0.3) is 0 Å². The van der Waals surface area contributed by atoms with Crippen LogP contribution in [-0.4, -0.2) is 36.4 Å². The van der Waals surface area contributed by atoms with Gasteiger partial charge in [-0.05, 0) is 57.8 Å². The maximum absolute atomic E-state index is 12.0. The molecule has 0 saturated carbocycles. The van der Waals surface area contributed by atoms with Gasteiger partial charge in [-0.3, -0.25) is 9.59 Å². The molecule has 0 aliphatic rings. The fraction of sp³-hybridized carbons (Fsp3) is 0.706. The van der Waals surface area contributed by atoms with Gasteiger partial charge in [0.1, 0.15) is 6.61 Å². The Hall–Kier alpha value is -2.14. The van der Waals surface area contributed by atoms with Crippen LogP contribution < -0.4 is 0 Å². The van der Waals surface area contributed by atoms with E-state index in [9.17, 15) is 14.7 Å². The van der Waals surface area contributed by atoms with E-state index in [4.69, 9.17) is 9.47 Å². The highest BCUT2D eigenvalue weighted by molar-refractivity contribution is 5.70. The molecule has 224 valence electrons. The molecule has 0 radical (unpaired) electrons. The van der Waals surface area contributed by atoms with Crippen molar-refractivity contribution in [1.29, 1.82) is 0 Å². The second-order valence-electron chi connectivity index (χ2n) is 10.1. The fourth-order valence-electron chi connectivity index (χ4n) is 3.99. The van der Waals surface area contributed by atoms with Crippen molar-refractivity contribution in [2.45, 2.75) is 142 Å². The van der Waals surface area contributed by atoms with Crippen LogP contribution in [0, 0.1) is 0 Å². The molecule has 5 nitrogen and oxygen atoms in total. The van der Waals surface area contributed by atoms with Crippen LogP contribution in [0.4, 0.5) is 0 Å². The molecular weight excluding hydrogens is 488 g/mol. The van der Waals surface area contributed by atoms with Crippen LogP contribution in [0.2, 0.25) is 0 Å². The summed E-state index contributed by atoms with van der Waals surface area (Å²) in [6.45, 7) is 3.92. The Kier molecular flexibility index (Phi) is 28.7. The zero-order valence-electron chi connectivity index (χ0n) is 25.1. The lowest BCUT2D eigenvalue weighted by atomic mass is 10.1. The molecule has 0 rings (SSSR count). The summed E-state index contributed by atoms with van der Waals surface area (Å²) in [5.41, 5.74) is 0. The molecular formula is C34H58O5. The van der Waals surface area contributed by atoms with Gasteiger partial charge in [0.15, 0.2) is 6.10 Å². The van der Waals surface area contributed by atoms with Gasteiger partial charge in [0.2, 0.25) is 0 Å². The third kappa shape index (κ3) is 28.7. The van der Waals surface area contributed by atoms with Gasteiger partial charge >= 0.3 is 11.9 Å².